The number of hydrogen-bond donors (Lipinski definition) is 0. The Balaban J connectivity index is 2.18. The summed E-state index contributed by atoms with van der Waals surface area (Å²) in [6, 6.07) is 16.6. The van der Waals surface area contributed by atoms with Gasteiger partial charge in [-0.3, -0.25) is 4.90 Å². The lowest BCUT2D eigenvalue weighted by molar-refractivity contribution is -0.121. The molecule has 0 aliphatic rings. The van der Waals surface area contributed by atoms with E-state index in [1.54, 1.807) is 70.2 Å². The van der Waals surface area contributed by atoms with E-state index in [-0.39, 0.29) is 80.4 Å². The Hall–Kier alpha value is -5.02. The van der Waals surface area contributed by atoms with Gasteiger partial charge in [0.2, 0.25) is 0 Å². The Morgan fingerprint density at radius 2 is 0.982 bits per heavy atom. The zero-order valence-corrected chi connectivity index (χ0v) is 34.6. The molecular weight excluding hydrogens is 739 g/mol. The number of ether oxygens (including phenoxy) is 6. The number of carbonyl (C=O) groups excluding carboxylic acids is 4. The molecular formula is C42H53N2O11P. The molecule has 0 amide bonds. The lowest BCUT2D eigenvalue weighted by Crippen LogP contribution is -2.53. The minimum Gasteiger partial charge on any atom is -0.489 e. The highest BCUT2D eigenvalue weighted by molar-refractivity contribution is 7.09. The van der Waals surface area contributed by atoms with Crippen LogP contribution < -0.4 is 9.47 Å². The number of nitrogens with zero attached hydrogens (tertiary/aromatic N) is 2. The Kier molecular flexibility index (Phi) is 17.7. The summed E-state index contributed by atoms with van der Waals surface area (Å²) < 4.78 is 39.8. The van der Waals surface area contributed by atoms with Gasteiger partial charge in [-0.05, 0) is 115 Å². The zero-order chi connectivity index (χ0) is 41.4. The minimum atomic E-state index is -1.14. The summed E-state index contributed by atoms with van der Waals surface area (Å²) in [5.41, 5.74) is 1.14. The van der Waals surface area contributed by atoms with Crippen molar-refractivity contribution < 1.29 is 52.1 Å². The molecule has 0 bridgehead atoms. The SMILES string of the molecule is CCOC(=O)c1cc(COc2cc(OCc3cc(C(=O)OCC)cc(C(=O)OCC)c3)cc(C(CCC#N)(OP)N(C(C)C)C(C)C)c2)cc(C(=O)OCC)c1. The number of carbonyl (C=O) groups is 4. The lowest BCUT2D eigenvalue weighted by atomic mass is 9.92. The van der Waals surface area contributed by atoms with Crippen molar-refractivity contribution in [3.05, 3.63) is 93.5 Å². The van der Waals surface area contributed by atoms with E-state index in [1.807, 2.05) is 27.7 Å². The van der Waals surface area contributed by atoms with Gasteiger partial charge in [-0.15, -0.1) is 0 Å². The van der Waals surface area contributed by atoms with Gasteiger partial charge >= 0.3 is 23.9 Å². The molecule has 3 aromatic rings. The van der Waals surface area contributed by atoms with E-state index < -0.39 is 29.6 Å². The van der Waals surface area contributed by atoms with Crippen LogP contribution in [0.15, 0.2) is 54.6 Å². The molecule has 2 unspecified atom stereocenters. The van der Waals surface area contributed by atoms with Crippen LogP contribution in [0.25, 0.3) is 0 Å². The maximum absolute atomic E-state index is 12.7. The summed E-state index contributed by atoms with van der Waals surface area (Å²) in [6.45, 7) is 15.4. The molecule has 302 valence electrons. The van der Waals surface area contributed by atoms with E-state index in [4.69, 9.17) is 32.9 Å². The molecule has 3 rings (SSSR count). The fourth-order valence-electron chi connectivity index (χ4n) is 6.44. The first kappa shape index (κ1) is 45.4. The van der Waals surface area contributed by atoms with Gasteiger partial charge in [-0.1, -0.05) is 0 Å². The predicted molar refractivity (Wildman–Crippen MR) is 211 cm³/mol. The van der Waals surface area contributed by atoms with Crippen molar-refractivity contribution in [1.29, 1.82) is 5.26 Å². The van der Waals surface area contributed by atoms with Crippen molar-refractivity contribution >= 4 is 33.3 Å². The first-order valence-corrected chi connectivity index (χ1v) is 19.1. The summed E-state index contributed by atoms with van der Waals surface area (Å²) in [5.74, 6) is -1.70. The monoisotopic (exact) mass is 792 g/mol. The second-order valence-corrected chi connectivity index (χ2v) is 13.4. The van der Waals surface area contributed by atoms with Crippen LogP contribution in [0.1, 0.15) is 126 Å². The van der Waals surface area contributed by atoms with Crippen LogP contribution in [-0.2, 0) is 42.4 Å². The number of benzene rings is 3. The fourth-order valence-corrected chi connectivity index (χ4v) is 6.82. The van der Waals surface area contributed by atoms with Crippen molar-refractivity contribution in [3.8, 4) is 17.6 Å². The molecule has 13 nitrogen and oxygen atoms in total. The molecule has 0 aromatic heterocycles. The van der Waals surface area contributed by atoms with Crippen molar-refractivity contribution in [2.24, 2.45) is 0 Å². The summed E-state index contributed by atoms with van der Waals surface area (Å²) in [4.78, 5) is 53.1. The highest BCUT2D eigenvalue weighted by atomic mass is 31.0. The molecule has 0 aliphatic carbocycles. The fraction of sp³-hybridized carbons (Fsp3) is 0.452. The Labute approximate surface area is 331 Å². The van der Waals surface area contributed by atoms with Gasteiger partial charge in [-0.2, -0.15) is 5.26 Å². The standard InChI is InChI=1S/C42H53N2O11P/c1-9-49-38(45)31-16-29(17-32(20-31)39(46)50-10-2)25-53-36-22-35(42(55-56,14-13-15-43)44(27(5)6)28(7)8)23-37(24-36)54-26-30-18-33(40(47)51-11-3)21-34(19-30)41(48)52-12-4/h16-24,27-28H,9-14,25-26,56H2,1-8H3. The van der Waals surface area contributed by atoms with E-state index in [9.17, 15) is 24.4 Å². The molecule has 2 atom stereocenters. The Morgan fingerprint density at radius 3 is 1.27 bits per heavy atom. The maximum Gasteiger partial charge on any atom is 0.338 e. The van der Waals surface area contributed by atoms with Gasteiger partial charge in [0.25, 0.3) is 0 Å². The van der Waals surface area contributed by atoms with Crippen molar-refractivity contribution in [3.63, 3.8) is 0 Å². The van der Waals surface area contributed by atoms with Gasteiger partial charge in [0.05, 0.1) is 54.8 Å². The van der Waals surface area contributed by atoms with Crippen LogP contribution in [0.4, 0.5) is 0 Å². The van der Waals surface area contributed by atoms with Gasteiger partial charge in [0.1, 0.15) is 24.7 Å². The van der Waals surface area contributed by atoms with E-state index in [0.717, 1.165) is 0 Å². The molecule has 3 aromatic carbocycles. The largest absolute Gasteiger partial charge is 0.489 e. The van der Waals surface area contributed by atoms with Crippen LogP contribution in [0, 0.1) is 11.3 Å². The Bertz CT molecular complexity index is 1690. The normalized spacial score (nSPS) is 12.1. The minimum absolute atomic E-state index is 0.0259. The molecule has 0 aliphatic heterocycles. The van der Waals surface area contributed by atoms with E-state index >= 15 is 0 Å². The second kappa shape index (κ2) is 21.9. The highest BCUT2D eigenvalue weighted by Crippen LogP contribution is 2.43. The average Bonchev–Trinajstić information content (AvgIpc) is 3.17. The molecule has 0 saturated carbocycles. The summed E-state index contributed by atoms with van der Waals surface area (Å²) in [5, 5.41) is 9.73. The van der Waals surface area contributed by atoms with Crippen molar-refractivity contribution in [1.82, 2.24) is 4.90 Å². The third-order valence-electron chi connectivity index (χ3n) is 8.47. The summed E-state index contributed by atoms with van der Waals surface area (Å²) in [6.07, 6.45) is 0.460. The predicted octanol–water partition coefficient (Wildman–Crippen LogP) is 7.93. The van der Waals surface area contributed by atoms with Crippen LogP contribution in [-0.4, -0.2) is 67.3 Å². The van der Waals surface area contributed by atoms with Gasteiger partial charge in [-0.25, -0.2) is 19.2 Å². The van der Waals surface area contributed by atoms with Crippen molar-refractivity contribution in [2.75, 3.05) is 26.4 Å². The first-order valence-electron chi connectivity index (χ1n) is 18.7. The first-order chi connectivity index (χ1) is 26.8. The summed E-state index contributed by atoms with van der Waals surface area (Å²) >= 11 is 0. The van der Waals surface area contributed by atoms with Crippen LogP contribution in [0.5, 0.6) is 11.5 Å². The van der Waals surface area contributed by atoms with Gasteiger partial charge in [0.15, 0.2) is 5.72 Å². The third kappa shape index (κ3) is 12.0. The number of nitriles is 1. The Morgan fingerprint density at radius 1 is 0.625 bits per heavy atom. The number of rotatable bonds is 21. The highest BCUT2D eigenvalue weighted by Gasteiger charge is 2.42. The number of hydrogen-bond acceptors (Lipinski definition) is 13. The topological polar surface area (TPSA) is 160 Å². The van der Waals surface area contributed by atoms with Crippen LogP contribution >= 0.6 is 9.47 Å². The lowest BCUT2D eigenvalue weighted by Gasteiger charge is -2.47. The zero-order valence-electron chi connectivity index (χ0n) is 33.5. The molecule has 0 N–H and O–H groups in total. The molecule has 14 heteroatoms. The molecule has 56 heavy (non-hydrogen) atoms. The second-order valence-electron chi connectivity index (χ2n) is 13.1. The van der Waals surface area contributed by atoms with E-state index in [1.165, 1.54) is 12.1 Å². The van der Waals surface area contributed by atoms with Crippen molar-refractivity contribution in [2.45, 2.75) is 99.3 Å². The molecule has 0 fully saturated rings. The van der Waals surface area contributed by atoms with E-state index in [2.05, 4.69) is 20.4 Å². The van der Waals surface area contributed by atoms with Crippen LogP contribution in [0.2, 0.25) is 0 Å². The molecule has 0 heterocycles. The molecule has 0 saturated heterocycles. The summed E-state index contributed by atoms with van der Waals surface area (Å²) in [7, 11) is 2.36. The van der Waals surface area contributed by atoms with Gasteiger partial charge in [0, 0.05) is 46.0 Å². The smallest absolute Gasteiger partial charge is 0.338 e. The maximum atomic E-state index is 12.7. The average molecular weight is 793 g/mol. The quantitative estimate of drug-likeness (QED) is 0.0443. The third-order valence-corrected chi connectivity index (χ3v) is 8.86. The molecule has 0 spiro atoms. The molecule has 0 radical (unpaired) electrons. The number of esters is 4. The van der Waals surface area contributed by atoms with Gasteiger partial charge < -0.3 is 32.9 Å². The van der Waals surface area contributed by atoms with E-state index in [0.29, 0.717) is 34.6 Å². The van der Waals surface area contributed by atoms with Crippen LogP contribution in [0.3, 0.4) is 0 Å².